The molecule has 16 heavy (non-hydrogen) atoms. The zero-order valence-electron chi connectivity index (χ0n) is 9.46. The quantitative estimate of drug-likeness (QED) is 0.827. The van der Waals surface area contributed by atoms with Crippen molar-refractivity contribution in [1.29, 1.82) is 0 Å². The summed E-state index contributed by atoms with van der Waals surface area (Å²) in [6.45, 7) is 2.24. The average Bonchev–Trinajstić information content (AvgIpc) is 2.21. The Hall–Kier alpha value is -0.900. The molecule has 1 aromatic rings. The lowest BCUT2D eigenvalue weighted by Gasteiger charge is -2.19. The van der Waals surface area contributed by atoms with Crippen molar-refractivity contribution in [2.24, 2.45) is 0 Å². The van der Waals surface area contributed by atoms with E-state index in [2.05, 4.69) is 15.9 Å². The molecule has 0 atom stereocenters. The Bertz CT molecular complexity index is 381. The first-order chi connectivity index (χ1) is 7.50. The summed E-state index contributed by atoms with van der Waals surface area (Å²) < 4.78 is 14.3. The molecule has 88 valence electrons. The van der Waals surface area contributed by atoms with Crippen LogP contribution in [0.1, 0.15) is 19.8 Å². The molecule has 0 N–H and O–H groups in total. The van der Waals surface area contributed by atoms with Crippen LogP contribution in [-0.2, 0) is 4.79 Å². The number of carbonyl (C=O) groups is 1. The maximum absolute atomic E-state index is 13.5. The van der Waals surface area contributed by atoms with Crippen molar-refractivity contribution in [2.45, 2.75) is 19.8 Å². The largest absolute Gasteiger partial charge is 0.372 e. The SMILES string of the molecule is CC(=O)CCCN(C)c1cc(Br)ccc1F. The minimum absolute atomic E-state index is 0.170. The van der Waals surface area contributed by atoms with Crippen molar-refractivity contribution < 1.29 is 9.18 Å². The number of halogens is 2. The van der Waals surface area contributed by atoms with Crippen molar-refractivity contribution >= 4 is 27.4 Å². The monoisotopic (exact) mass is 287 g/mol. The van der Waals surface area contributed by atoms with Crippen LogP contribution in [-0.4, -0.2) is 19.4 Å². The van der Waals surface area contributed by atoms with E-state index in [9.17, 15) is 9.18 Å². The summed E-state index contributed by atoms with van der Waals surface area (Å²) in [5.41, 5.74) is 0.554. The number of rotatable bonds is 5. The number of hydrogen-bond acceptors (Lipinski definition) is 2. The lowest BCUT2D eigenvalue weighted by molar-refractivity contribution is -0.117. The number of carbonyl (C=O) groups excluding carboxylic acids is 1. The van der Waals surface area contributed by atoms with Crippen molar-refractivity contribution in [3.05, 3.63) is 28.5 Å². The second kappa shape index (κ2) is 5.99. The molecule has 0 spiro atoms. The third-order valence-electron chi connectivity index (χ3n) is 2.34. The maximum atomic E-state index is 13.5. The Labute approximate surface area is 104 Å². The molecule has 0 unspecified atom stereocenters. The van der Waals surface area contributed by atoms with Gasteiger partial charge in [-0.25, -0.2) is 4.39 Å². The van der Waals surface area contributed by atoms with Gasteiger partial charge in [-0.1, -0.05) is 15.9 Å². The summed E-state index contributed by atoms with van der Waals surface area (Å²) in [4.78, 5) is 12.6. The second-order valence-corrected chi connectivity index (χ2v) is 4.74. The molecule has 0 aliphatic rings. The lowest BCUT2D eigenvalue weighted by Crippen LogP contribution is -2.20. The van der Waals surface area contributed by atoms with Gasteiger partial charge in [-0.05, 0) is 31.5 Å². The van der Waals surface area contributed by atoms with Gasteiger partial charge in [0.2, 0.25) is 0 Å². The normalized spacial score (nSPS) is 10.2. The molecule has 0 aliphatic heterocycles. The highest BCUT2D eigenvalue weighted by Crippen LogP contribution is 2.23. The summed E-state index contributed by atoms with van der Waals surface area (Å²) in [6.07, 6.45) is 1.29. The van der Waals surface area contributed by atoms with Crippen LogP contribution in [0.2, 0.25) is 0 Å². The highest BCUT2D eigenvalue weighted by atomic mass is 79.9. The van der Waals surface area contributed by atoms with E-state index in [4.69, 9.17) is 0 Å². The van der Waals surface area contributed by atoms with Gasteiger partial charge in [0.25, 0.3) is 0 Å². The van der Waals surface area contributed by atoms with Crippen LogP contribution in [0.3, 0.4) is 0 Å². The van der Waals surface area contributed by atoms with Crippen molar-refractivity contribution in [1.82, 2.24) is 0 Å². The molecule has 1 rings (SSSR count). The molecule has 0 aromatic heterocycles. The third-order valence-corrected chi connectivity index (χ3v) is 2.84. The van der Waals surface area contributed by atoms with Gasteiger partial charge in [-0.3, -0.25) is 0 Å². The molecule has 0 aliphatic carbocycles. The van der Waals surface area contributed by atoms with Crippen LogP contribution < -0.4 is 4.90 Å². The number of Topliss-reactive ketones (excluding diaryl/α,β-unsaturated/α-hetero) is 1. The van der Waals surface area contributed by atoms with Gasteiger partial charge in [-0.2, -0.15) is 0 Å². The van der Waals surface area contributed by atoms with Crippen LogP contribution in [0, 0.1) is 5.82 Å². The maximum Gasteiger partial charge on any atom is 0.146 e. The minimum Gasteiger partial charge on any atom is -0.372 e. The van der Waals surface area contributed by atoms with E-state index in [0.717, 1.165) is 10.9 Å². The molecule has 1 aromatic carbocycles. The molecule has 0 amide bonds. The molecule has 2 nitrogen and oxygen atoms in total. The predicted molar refractivity (Wildman–Crippen MR) is 67.3 cm³/mol. The van der Waals surface area contributed by atoms with E-state index < -0.39 is 0 Å². The molecule has 0 radical (unpaired) electrons. The first kappa shape index (κ1) is 13.2. The number of benzene rings is 1. The van der Waals surface area contributed by atoms with Crippen LogP contribution in [0.15, 0.2) is 22.7 Å². The summed E-state index contributed by atoms with van der Waals surface area (Å²) in [5, 5.41) is 0. The highest BCUT2D eigenvalue weighted by molar-refractivity contribution is 9.10. The van der Waals surface area contributed by atoms with Crippen LogP contribution in [0.5, 0.6) is 0 Å². The molecule has 0 saturated heterocycles. The fourth-order valence-corrected chi connectivity index (χ4v) is 1.81. The highest BCUT2D eigenvalue weighted by Gasteiger charge is 2.08. The van der Waals surface area contributed by atoms with Gasteiger partial charge < -0.3 is 9.69 Å². The summed E-state index contributed by atoms with van der Waals surface area (Å²) in [6, 6.07) is 4.84. The number of hydrogen-bond donors (Lipinski definition) is 0. The number of anilines is 1. The van der Waals surface area contributed by atoms with E-state index in [-0.39, 0.29) is 11.6 Å². The Morgan fingerprint density at radius 2 is 2.19 bits per heavy atom. The van der Waals surface area contributed by atoms with E-state index in [1.807, 2.05) is 11.9 Å². The summed E-state index contributed by atoms with van der Waals surface area (Å²) >= 11 is 3.31. The van der Waals surface area contributed by atoms with Crippen molar-refractivity contribution in [3.63, 3.8) is 0 Å². The van der Waals surface area contributed by atoms with Gasteiger partial charge in [0.05, 0.1) is 5.69 Å². The zero-order chi connectivity index (χ0) is 12.1. The summed E-state index contributed by atoms with van der Waals surface area (Å²) in [5.74, 6) is -0.0726. The number of ketones is 1. The van der Waals surface area contributed by atoms with Crippen molar-refractivity contribution in [2.75, 3.05) is 18.5 Å². The number of nitrogens with zero attached hydrogens (tertiary/aromatic N) is 1. The van der Waals surface area contributed by atoms with E-state index >= 15 is 0 Å². The molecule has 4 heteroatoms. The third kappa shape index (κ3) is 3.93. The Morgan fingerprint density at radius 3 is 2.81 bits per heavy atom. The zero-order valence-corrected chi connectivity index (χ0v) is 11.1. The van der Waals surface area contributed by atoms with E-state index in [1.54, 1.807) is 19.1 Å². The Kier molecular flexibility index (Phi) is 4.93. The molecule has 0 saturated carbocycles. The fourth-order valence-electron chi connectivity index (χ4n) is 1.46. The van der Waals surface area contributed by atoms with Crippen LogP contribution in [0.4, 0.5) is 10.1 Å². The first-order valence-electron chi connectivity index (χ1n) is 5.16. The van der Waals surface area contributed by atoms with Gasteiger partial charge in [-0.15, -0.1) is 0 Å². The van der Waals surface area contributed by atoms with Gasteiger partial charge in [0, 0.05) is 24.5 Å². The van der Waals surface area contributed by atoms with Gasteiger partial charge in [0.15, 0.2) is 0 Å². The molecule has 0 fully saturated rings. The predicted octanol–water partition coefficient (Wildman–Crippen LogP) is 3.39. The molecular weight excluding hydrogens is 273 g/mol. The topological polar surface area (TPSA) is 20.3 Å². The average molecular weight is 288 g/mol. The standard InChI is InChI=1S/C12H15BrFNO/c1-9(16)4-3-7-15(2)12-8-10(13)5-6-11(12)14/h5-6,8H,3-4,7H2,1-2H3. The summed E-state index contributed by atoms with van der Waals surface area (Å²) in [7, 11) is 1.82. The van der Waals surface area contributed by atoms with Gasteiger partial charge in [0.1, 0.15) is 11.6 Å². The van der Waals surface area contributed by atoms with Crippen LogP contribution in [0.25, 0.3) is 0 Å². The smallest absolute Gasteiger partial charge is 0.146 e. The lowest BCUT2D eigenvalue weighted by atomic mass is 10.2. The molecule has 0 heterocycles. The molecule has 0 bridgehead atoms. The Morgan fingerprint density at radius 1 is 1.50 bits per heavy atom. The minimum atomic E-state index is -0.242. The molecular formula is C12H15BrFNO. The Balaban J connectivity index is 2.61. The fraction of sp³-hybridized carbons (Fsp3) is 0.417. The van der Waals surface area contributed by atoms with Crippen molar-refractivity contribution in [3.8, 4) is 0 Å². The second-order valence-electron chi connectivity index (χ2n) is 3.82. The van der Waals surface area contributed by atoms with E-state index in [1.165, 1.54) is 6.07 Å². The first-order valence-corrected chi connectivity index (χ1v) is 5.95. The van der Waals surface area contributed by atoms with Gasteiger partial charge >= 0.3 is 0 Å². The van der Waals surface area contributed by atoms with E-state index in [0.29, 0.717) is 18.7 Å². The van der Waals surface area contributed by atoms with Crippen LogP contribution >= 0.6 is 15.9 Å².